The second-order valence-electron chi connectivity index (χ2n) is 9.48. The molecule has 0 unspecified atom stereocenters. The third-order valence-electron chi connectivity index (χ3n) is 6.77. The third-order valence-corrected chi connectivity index (χ3v) is 9.42. The summed E-state index contributed by atoms with van der Waals surface area (Å²) in [6.07, 6.45) is 0. The molecule has 1 fully saturated rings. The first kappa shape index (κ1) is 27.8. The number of fused-ring (bicyclic) bond motifs is 1. The number of nitrogens with one attached hydrogen (secondary N) is 2. The van der Waals surface area contributed by atoms with Crippen molar-refractivity contribution in [2.75, 3.05) is 56.0 Å². The van der Waals surface area contributed by atoms with Crippen LogP contribution in [0, 0.1) is 12.7 Å². The Labute approximate surface area is 236 Å². The number of carbonyl (C=O) groups excluding carboxylic acids is 1. The number of methoxy groups -OCH3 is 1. The van der Waals surface area contributed by atoms with Gasteiger partial charge in [0.05, 0.1) is 16.7 Å². The minimum atomic E-state index is -3.91. The molecule has 1 aromatic heterocycles. The van der Waals surface area contributed by atoms with Crippen LogP contribution in [0.1, 0.15) is 15.9 Å². The molecule has 2 N–H and O–H groups in total. The van der Waals surface area contributed by atoms with Crippen LogP contribution in [-0.2, 0) is 10.0 Å². The third kappa shape index (κ3) is 6.19. The van der Waals surface area contributed by atoms with E-state index in [1.54, 1.807) is 36.6 Å². The van der Waals surface area contributed by atoms with Gasteiger partial charge in [0, 0.05) is 50.5 Å². The number of thiazole rings is 1. The summed E-state index contributed by atoms with van der Waals surface area (Å²) in [5.41, 5.74) is 2.67. The van der Waals surface area contributed by atoms with E-state index in [1.807, 2.05) is 6.07 Å². The molecule has 1 saturated heterocycles. The first-order chi connectivity index (χ1) is 19.2. The van der Waals surface area contributed by atoms with Crippen molar-refractivity contribution in [1.29, 1.82) is 0 Å². The van der Waals surface area contributed by atoms with Gasteiger partial charge in [-0.25, -0.2) is 17.8 Å². The van der Waals surface area contributed by atoms with Crippen LogP contribution in [0.25, 0.3) is 10.2 Å². The molecule has 40 heavy (non-hydrogen) atoms. The summed E-state index contributed by atoms with van der Waals surface area (Å²) in [5, 5.41) is 3.91. The monoisotopic (exact) mass is 583 g/mol. The maximum Gasteiger partial charge on any atom is 0.261 e. The summed E-state index contributed by atoms with van der Waals surface area (Å²) >= 11 is 1.69. The van der Waals surface area contributed by atoms with Gasteiger partial charge >= 0.3 is 0 Å². The Kier molecular flexibility index (Phi) is 8.19. The van der Waals surface area contributed by atoms with Crippen molar-refractivity contribution in [3.05, 3.63) is 77.6 Å². The number of piperazine rings is 1. The van der Waals surface area contributed by atoms with Crippen LogP contribution in [0.15, 0.2) is 65.6 Å². The smallest absolute Gasteiger partial charge is 0.261 e. The summed E-state index contributed by atoms with van der Waals surface area (Å²) in [6, 6.07) is 14.8. The minimum absolute atomic E-state index is 0.0678. The maximum absolute atomic E-state index is 13.2. The lowest BCUT2D eigenvalue weighted by Crippen LogP contribution is -2.48. The molecule has 0 bridgehead atoms. The van der Waals surface area contributed by atoms with Gasteiger partial charge in [0.2, 0.25) is 0 Å². The van der Waals surface area contributed by atoms with Gasteiger partial charge in [-0.3, -0.25) is 14.4 Å². The molecule has 5 rings (SSSR count). The number of anilines is 2. The van der Waals surface area contributed by atoms with Crippen molar-refractivity contribution in [2.45, 2.75) is 11.8 Å². The highest BCUT2D eigenvalue weighted by atomic mass is 32.2. The highest BCUT2D eigenvalue weighted by molar-refractivity contribution is 7.92. The number of hydrogen-bond donors (Lipinski definition) is 2. The fourth-order valence-electron chi connectivity index (χ4n) is 4.54. The number of rotatable bonds is 9. The summed E-state index contributed by atoms with van der Waals surface area (Å²) in [4.78, 5) is 22.1. The molecule has 0 spiro atoms. The average Bonchev–Trinajstić information content (AvgIpc) is 3.40. The number of amides is 1. The molecule has 1 aliphatic heterocycles. The first-order valence-electron chi connectivity index (χ1n) is 12.8. The van der Waals surface area contributed by atoms with Crippen molar-refractivity contribution in [2.24, 2.45) is 0 Å². The van der Waals surface area contributed by atoms with Crippen molar-refractivity contribution >= 4 is 48.3 Å². The molecule has 0 atom stereocenters. The molecule has 3 aromatic carbocycles. The van der Waals surface area contributed by atoms with E-state index in [2.05, 4.69) is 32.8 Å². The molecule has 1 aliphatic rings. The van der Waals surface area contributed by atoms with Gasteiger partial charge in [-0.2, -0.15) is 0 Å². The van der Waals surface area contributed by atoms with Crippen molar-refractivity contribution in [3.63, 3.8) is 0 Å². The average molecular weight is 584 g/mol. The number of carbonyl (C=O) groups is 1. The van der Waals surface area contributed by atoms with Crippen molar-refractivity contribution in [1.82, 2.24) is 15.2 Å². The molecule has 2 heterocycles. The van der Waals surface area contributed by atoms with Crippen LogP contribution in [0.3, 0.4) is 0 Å². The number of aryl methyl sites for hydroxylation is 1. The first-order valence-corrected chi connectivity index (χ1v) is 15.1. The molecule has 210 valence electrons. The zero-order valence-electron chi connectivity index (χ0n) is 22.2. The number of ether oxygens (including phenoxy) is 1. The van der Waals surface area contributed by atoms with E-state index in [9.17, 15) is 17.6 Å². The lowest BCUT2D eigenvalue weighted by molar-refractivity contribution is 0.0947. The Morgan fingerprint density at radius 3 is 2.55 bits per heavy atom. The van der Waals surface area contributed by atoms with E-state index in [1.165, 1.54) is 23.8 Å². The number of sulfonamides is 1. The predicted molar refractivity (Wildman–Crippen MR) is 156 cm³/mol. The molecule has 4 aromatic rings. The number of benzene rings is 3. The number of aromatic nitrogens is 1. The summed E-state index contributed by atoms with van der Waals surface area (Å²) in [6.45, 7) is 6.62. The fourth-order valence-corrected chi connectivity index (χ4v) is 6.70. The van der Waals surface area contributed by atoms with Crippen LogP contribution in [0.4, 0.5) is 15.2 Å². The van der Waals surface area contributed by atoms with E-state index < -0.39 is 15.8 Å². The molecule has 9 nitrogen and oxygen atoms in total. The normalized spacial score (nSPS) is 14.3. The Morgan fingerprint density at radius 1 is 1.07 bits per heavy atom. The molecule has 0 radical (unpaired) electrons. The molecule has 1 amide bonds. The van der Waals surface area contributed by atoms with Gasteiger partial charge in [-0.05, 0) is 61.0 Å². The zero-order chi connectivity index (χ0) is 28.3. The van der Waals surface area contributed by atoms with Gasteiger partial charge in [0.15, 0.2) is 5.13 Å². The highest BCUT2D eigenvalue weighted by Crippen LogP contribution is 2.36. The molecule has 0 aliphatic carbocycles. The van der Waals surface area contributed by atoms with Crippen LogP contribution >= 0.6 is 11.3 Å². The van der Waals surface area contributed by atoms with Crippen LogP contribution < -0.4 is 19.7 Å². The lowest BCUT2D eigenvalue weighted by atomic mass is 10.2. The van der Waals surface area contributed by atoms with Gasteiger partial charge in [0.25, 0.3) is 15.9 Å². The van der Waals surface area contributed by atoms with E-state index in [-0.39, 0.29) is 16.5 Å². The Hall–Kier alpha value is -3.74. The molecule has 0 saturated carbocycles. The SMILES string of the molecule is COc1ccc(C)c2sc(N3CCN(CCNC(=O)c4cccc(NS(=O)(=O)c5ccc(F)cc5)c4)CC3)nc12. The summed E-state index contributed by atoms with van der Waals surface area (Å²) in [5.74, 6) is -0.0302. The molecule has 12 heteroatoms. The zero-order valence-corrected chi connectivity index (χ0v) is 23.8. The quantitative estimate of drug-likeness (QED) is 0.306. The van der Waals surface area contributed by atoms with Gasteiger partial charge in [0.1, 0.15) is 17.1 Å². The van der Waals surface area contributed by atoms with E-state index in [4.69, 9.17) is 9.72 Å². The second kappa shape index (κ2) is 11.8. The largest absolute Gasteiger partial charge is 0.494 e. The number of nitrogens with zero attached hydrogens (tertiary/aromatic N) is 3. The Bertz CT molecular complexity index is 1620. The van der Waals surface area contributed by atoms with Crippen LogP contribution in [0.2, 0.25) is 0 Å². The van der Waals surface area contributed by atoms with Gasteiger partial charge < -0.3 is 15.0 Å². The van der Waals surface area contributed by atoms with Crippen molar-refractivity contribution < 1.29 is 22.3 Å². The Morgan fingerprint density at radius 2 is 1.82 bits per heavy atom. The standard InChI is InChI=1S/C28H30FN5O4S2/c1-19-6-11-24(38-2)25-26(19)39-28(31-25)34-16-14-33(15-17-34)13-12-30-27(35)20-4-3-5-22(18-20)32-40(36,37)23-9-7-21(29)8-10-23/h3-11,18,32H,12-17H2,1-2H3,(H,30,35). The fraction of sp³-hybridized carbons (Fsp3) is 0.286. The van der Waals surface area contributed by atoms with E-state index in [0.717, 1.165) is 59.4 Å². The summed E-state index contributed by atoms with van der Waals surface area (Å²) in [7, 11) is -2.25. The topological polar surface area (TPSA) is 104 Å². The van der Waals surface area contributed by atoms with Crippen LogP contribution in [0.5, 0.6) is 5.75 Å². The van der Waals surface area contributed by atoms with Crippen molar-refractivity contribution in [3.8, 4) is 5.75 Å². The number of hydrogen-bond acceptors (Lipinski definition) is 8. The second-order valence-corrected chi connectivity index (χ2v) is 12.1. The molecular formula is C28H30FN5O4S2. The van der Waals surface area contributed by atoms with E-state index in [0.29, 0.717) is 18.7 Å². The van der Waals surface area contributed by atoms with E-state index >= 15 is 0 Å². The lowest BCUT2D eigenvalue weighted by Gasteiger charge is -2.34. The maximum atomic E-state index is 13.2. The molecular weight excluding hydrogens is 553 g/mol. The van der Waals surface area contributed by atoms with Gasteiger partial charge in [-0.15, -0.1) is 0 Å². The van der Waals surface area contributed by atoms with Gasteiger partial charge in [-0.1, -0.05) is 23.5 Å². The summed E-state index contributed by atoms with van der Waals surface area (Å²) < 4.78 is 47.4. The predicted octanol–water partition coefficient (Wildman–Crippen LogP) is 4.11. The highest BCUT2D eigenvalue weighted by Gasteiger charge is 2.21. The number of halogens is 1. The van der Waals surface area contributed by atoms with Crippen LogP contribution in [-0.4, -0.2) is 70.6 Å². The minimum Gasteiger partial charge on any atom is -0.494 e. The Balaban J connectivity index is 1.11.